The van der Waals surface area contributed by atoms with Crippen LogP contribution in [0.4, 0.5) is 0 Å². The van der Waals surface area contributed by atoms with Gasteiger partial charge in [0, 0.05) is 45.1 Å². The van der Waals surface area contributed by atoms with Crippen molar-refractivity contribution in [3.8, 4) is 22.3 Å². The van der Waals surface area contributed by atoms with E-state index in [1.54, 1.807) is 9.80 Å². The molecule has 1 N–H and O–H groups in total. The second-order valence-electron chi connectivity index (χ2n) is 16.3. The molecule has 0 radical (unpaired) electrons. The van der Waals surface area contributed by atoms with Crippen molar-refractivity contribution in [3.63, 3.8) is 0 Å². The fraction of sp³-hybridized carbons (Fsp3) is 0.260. The van der Waals surface area contributed by atoms with Gasteiger partial charge in [0.2, 0.25) is 0 Å². The maximum atomic E-state index is 14.2. The molecular formula is C50H42N2O4. The van der Waals surface area contributed by atoms with Gasteiger partial charge in [-0.15, -0.1) is 0 Å². The summed E-state index contributed by atoms with van der Waals surface area (Å²) in [6.07, 6.45) is 9.10. The summed E-state index contributed by atoms with van der Waals surface area (Å²) in [6.45, 7) is 0. The van der Waals surface area contributed by atoms with Crippen LogP contribution in [-0.4, -0.2) is 44.7 Å². The highest BCUT2D eigenvalue weighted by molar-refractivity contribution is 6.30. The lowest BCUT2D eigenvalue weighted by Crippen LogP contribution is -2.47. The van der Waals surface area contributed by atoms with Crippen LogP contribution in [0, 0.1) is 0 Å². The molecule has 56 heavy (non-hydrogen) atoms. The minimum atomic E-state index is -0.991. The lowest BCUT2D eigenvalue weighted by Gasteiger charge is -2.41. The first-order valence-corrected chi connectivity index (χ1v) is 20.5. The van der Waals surface area contributed by atoms with E-state index in [9.17, 15) is 19.5 Å². The summed E-state index contributed by atoms with van der Waals surface area (Å²) in [5.41, 5.74) is 6.72. The number of carbonyl (C=O) groups excluding carboxylic acids is 3. The molecule has 0 aromatic heterocycles. The van der Waals surface area contributed by atoms with Crippen LogP contribution in [0.2, 0.25) is 0 Å². The highest BCUT2D eigenvalue weighted by Gasteiger charge is 2.40. The van der Waals surface area contributed by atoms with E-state index in [2.05, 4.69) is 72.8 Å². The molecule has 2 saturated carbocycles. The van der Waals surface area contributed by atoms with E-state index < -0.39 is 6.23 Å². The van der Waals surface area contributed by atoms with Crippen molar-refractivity contribution in [2.75, 3.05) is 0 Å². The molecule has 0 saturated heterocycles. The Hall–Kier alpha value is -5.85. The maximum absolute atomic E-state index is 14.2. The standard InChI is InChI=1S/C50H42N2O4/c53-47-39-23-11-21-35-37(25-27-41(45(35)39)49(55)51(47)29-13-3-1-4-14-29)43-31-17-7-9-19-33(31)44(34-20-10-8-18-32(34)43)38-26-28-42-46-36(38)22-12-24-40(46)48(54)52(50(42)56)30-15-5-2-6-16-30/h7-12,17-30,49,55H,1-6,13-16H2. The predicted octanol–water partition coefficient (Wildman–Crippen LogP) is 11.3. The van der Waals surface area contributed by atoms with Gasteiger partial charge < -0.3 is 10.0 Å². The first kappa shape index (κ1) is 33.5. The van der Waals surface area contributed by atoms with Crippen molar-refractivity contribution in [1.82, 2.24) is 9.80 Å². The van der Waals surface area contributed by atoms with Crippen LogP contribution in [0.25, 0.3) is 65.3 Å². The third-order valence-electron chi connectivity index (χ3n) is 13.4. The Morgan fingerprint density at radius 1 is 0.411 bits per heavy atom. The number of imide groups is 1. The third kappa shape index (κ3) is 4.75. The Kier molecular flexibility index (Phi) is 7.69. The first-order chi connectivity index (χ1) is 27.5. The number of hydrogen-bond donors (Lipinski definition) is 1. The Morgan fingerprint density at radius 3 is 1.39 bits per heavy atom. The van der Waals surface area contributed by atoms with E-state index in [4.69, 9.17) is 0 Å². The number of amides is 3. The summed E-state index contributed by atoms with van der Waals surface area (Å²) < 4.78 is 0. The zero-order valence-corrected chi connectivity index (χ0v) is 31.3. The topological polar surface area (TPSA) is 77.9 Å². The minimum absolute atomic E-state index is 0.0390. The molecule has 2 heterocycles. The van der Waals surface area contributed by atoms with Crippen molar-refractivity contribution in [3.05, 3.63) is 131 Å². The number of nitrogens with zero attached hydrogens (tertiary/aromatic N) is 2. The number of benzene rings is 7. The lowest BCUT2D eigenvalue weighted by molar-refractivity contribution is -0.0228. The SMILES string of the molecule is O=C1c2cccc3c(-c4c5ccccc5c(-c5ccc6c7c(cccc57)C(=O)N(C5CCCCC5)C6O)c5ccccc45)ccc(c23)C(=O)N1C1CCCCC1. The normalized spacial score (nSPS) is 19.2. The molecule has 2 fully saturated rings. The molecule has 7 aromatic carbocycles. The van der Waals surface area contributed by atoms with E-state index in [-0.39, 0.29) is 29.8 Å². The third-order valence-corrected chi connectivity index (χ3v) is 13.4. The summed E-state index contributed by atoms with van der Waals surface area (Å²) in [4.78, 5) is 45.9. The Labute approximate surface area is 325 Å². The lowest BCUT2D eigenvalue weighted by atomic mass is 9.81. The average molecular weight is 735 g/mol. The fourth-order valence-electron chi connectivity index (χ4n) is 10.9. The Bertz CT molecular complexity index is 2750. The van der Waals surface area contributed by atoms with Crippen LogP contribution in [0.3, 0.4) is 0 Å². The van der Waals surface area contributed by atoms with Crippen molar-refractivity contribution in [2.45, 2.75) is 82.5 Å². The van der Waals surface area contributed by atoms with Crippen LogP contribution < -0.4 is 0 Å². The monoisotopic (exact) mass is 734 g/mol. The van der Waals surface area contributed by atoms with Gasteiger partial charge in [0.1, 0.15) is 0 Å². The van der Waals surface area contributed by atoms with Gasteiger partial charge in [0.15, 0.2) is 6.23 Å². The largest absolute Gasteiger partial charge is 0.369 e. The van der Waals surface area contributed by atoms with Gasteiger partial charge >= 0.3 is 0 Å². The van der Waals surface area contributed by atoms with Crippen molar-refractivity contribution in [2.24, 2.45) is 0 Å². The van der Waals surface area contributed by atoms with E-state index in [0.717, 1.165) is 129 Å². The number of fused-ring (bicyclic) bond motifs is 2. The predicted molar refractivity (Wildman–Crippen MR) is 223 cm³/mol. The number of aliphatic hydroxyl groups excluding tert-OH is 1. The zero-order valence-electron chi connectivity index (χ0n) is 31.3. The maximum Gasteiger partial charge on any atom is 0.261 e. The van der Waals surface area contributed by atoms with E-state index >= 15 is 0 Å². The molecular weight excluding hydrogens is 693 g/mol. The van der Waals surface area contributed by atoms with Gasteiger partial charge in [-0.05, 0) is 98.5 Å². The molecule has 2 aliphatic carbocycles. The van der Waals surface area contributed by atoms with Crippen LogP contribution in [-0.2, 0) is 0 Å². The van der Waals surface area contributed by atoms with Crippen LogP contribution in [0.1, 0.15) is 107 Å². The minimum Gasteiger partial charge on any atom is -0.369 e. The highest BCUT2D eigenvalue weighted by Crippen LogP contribution is 2.50. The molecule has 3 amide bonds. The Morgan fingerprint density at radius 2 is 0.839 bits per heavy atom. The molecule has 7 aromatic rings. The van der Waals surface area contributed by atoms with Crippen LogP contribution >= 0.6 is 0 Å². The average Bonchev–Trinajstić information content (AvgIpc) is 3.24. The van der Waals surface area contributed by atoms with E-state index in [0.29, 0.717) is 16.7 Å². The van der Waals surface area contributed by atoms with Gasteiger partial charge in [0.05, 0.1) is 0 Å². The smallest absolute Gasteiger partial charge is 0.261 e. The summed E-state index contributed by atoms with van der Waals surface area (Å²) in [6, 6.07) is 37.0. The Balaban J connectivity index is 1.13. The molecule has 6 heteroatoms. The second-order valence-corrected chi connectivity index (χ2v) is 16.3. The van der Waals surface area contributed by atoms with Crippen LogP contribution in [0.5, 0.6) is 0 Å². The van der Waals surface area contributed by atoms with Crippen molar-refractivity contribution < 1.29 is 19.5 Å². The highest BCUT2D eigenvalue weighted by atomic mass is 16.3. The molecule has 0 bridgehead atoms. The van der Waals surface area contributed by atoms with Crippen molar-refractivity contribution >= 4 is 60.8 Å². The molecule has 11 rings (SSSR count). The van der Waals surface area contributed by atoms with E-state index in [1.165, 1.54) is 6.42 Å². The molecule has 6 nitrogen and oxygen atoms in total. The quantitative estimate of drug-likeness (QED) is 0.144. The molecule has 4 aliphatic rings. The van der Waals surface area contributed by atoms with E-state index in [1.807, 2.05) is 36.4 Å². The zero-order chi connectivity index (χ0) is 37.7. The van der Waals surface area contributed by atoms with Gasteiger partial charge in [0.25, 0.3) is 17.7 Å². The molecule has 276 valence electrons. The summed E-state index contributed by atoms with van der Waals surface area (Å²) in [5, 5.41) is 19.5. The van der Waals surface area contributed by atoms with Gasteiger partial charge in [-0.1, -0.05) is 130 Å². The summed E-state index contributed by atoms with van der Waals surface area (Å²) in [5.74, 6) is -0.461. The van der Waals surface area contributed by atoms with Gasteiger partial charge in [-0.3, -0.25) is 19.3 Å². The van der Waals surface area contributed by atoms with Crippen LogP contribution in [0.15, 0.2) is 109 Å². The number of rotatable bonds is 4. The first-order valence-electron chi connectivity index (χ1n) is 20.5. The molecule has 2 aliphatic heterocycles. The number of aliphatic hydroxyl groups is 1. The molecule has 1 atom stereocenters. The summed E-state index contributed by atoms with van der Waals surface area (Å²) >= 11 is 0. The number of hydrogen-bond acceptors (Lipinski definition) is 4. The fourth-order valence-corrected chi connectivity index (χ4v) is 10.9. The van der Waals surface area contributed by atoms with Gasteiger partial charge in [-0.25, -0.2) is 0 Å². The molecule has 0 spiro atoms. The van der Waals surface area contributed by atoms with Gasteiger partial charge in [-0.2, -0.15) is 0 Å². The summed E-state index contributed by atoms with van der Waals surface area (Å²) in [7, 11) is 0. The molecule has 1 unspecified atom stereocenters. The van der Waals surface area contributed by atoms with Crippen molar-refractivity contribution in [1.29, 1.82) is 0 Å². The second kappa shape index (κ2) is 12.9. The number of carbonyl (C=O) groups is 3.